The number of hydrogen-bond acceptors (Lipinski definition) is 10. The number of para-hydroxylation sites is 2. The van der Waals surface area contributed by atoms with Crippen LogP contribution >= 0.6 is 0 Å². The minimum atomic E-state index is 0.606. The second kappa shape index (κ2) is 33.2. The molecule has 10 heteroatoms. The average Bonchev–Trinajstić information content (AvgIpc) is 1.61. The maximum Gasteiger partial charge on any atom is 0.164 e. The molecule has 0 fully saturated rings. The number of hydrogen-bond donors (Lipinski definition) is 0. The van der Waals surface area contributed by atoms with Gasteiger partial charge in [-0.05, 0) is 134 Å². The van der Waals surface area contributed by atoms with E-state index in [4.69, 9.17) is 48.7 Å². The Balaban J connectivity index is 0.000000143. The van der Waals surface area contributed by atoms with E-state index in [0.717, 1.165) is 167 Å². The van der Waals surface area contributed by atoms with Gasteiger partial charge < -0.3 is 8.83 Å². The molecule has 0 amide bonds. The zero-order chi connectivity index (χ0) is 88.5. The highest BCUT2D eigenvalue weighted by Crippen LogP contribution is 2.52. The van der Waals surface area contributed by atoms with Gasteiger partial charge in [0.1, 0.15) is 22.9 Å². The van der Waals surface area contributed by atoms with E-state index < -0.39 is 0 Å². The maximum absolute atomic E-state index is 7.31. The number of aromatic nitrogens is 8. The molecular formula is C124H76N8O2. The predicted octanol–water partition coefficient (Wildman–Crippen LogP) is 32.6. The average molecular weight is 1710 g/mol. The summed E-state index contributed by atoms with van der Waals surface area (Å²) in [5.74, 6) is 5.34. The monoisotopic (exact) mass is 1710 g/mol. The largest absolute Gasteiger partial charge is 0.453 e. The van der Waals surface area contributed by atoms with Crippen molar-refractivity contribution in [2.75, 3.05) is 0 Å². The van der Waals surface area contributed by atoms with Crippen LogP contribution in [0.5, 0.6) is 0 Å². The molecule has 134 heavy (non-hydrogen) atoms. The van der Waals surface area contributed by atoms with Gasteiger partial charge in [-0.3, -0.25) is 0 Å². The fraction of sp³-hybridized carbons (Fsp3) is 0. The molecule has 0 spiro atoms. The van der Waals surface area contributed by atoms with Gasteiger partial charge in [0, 0.05) is 88.3 Å². The van der Waals surface area contributed by atoms with Crippen LogP contribution in [-0.2, 0) is 0 Å². The molecule has 26 rings (SSSR count). The molecule has 0 saturated carbocycles. The van der Waals surface area contributed by atoms with Crippen molar-refractivity contribution in [3.8, 4) is 158 Å². The summed E-state index contributed by atoms with van der Waals surface area (Å²) in [6.45, 7) is 0. The summed E-state index contributed by atoms with van der Waals surface area (Å²) in [5.41, 5.74) is 22.9. The van der Waals surface area contributed by atoms with Crippen LogP contribution in [0.3, 0.4) is 0 Å². The fourth-order valence-electron chi connectivity index (χ4n) is 19.5. The summed E-state index contributed by atoms with van der Waals surface area (Å²) in [7, 11) is 0. The lowest BCUT2D eigenvalue weighted by Crippen LogP contribution is -2.00. The lowest BCUT2D eigenvalue weighted by Gasteiger charge is -2.13. The van der Waals surface area contributed by atoms with Crippen LogP contribution in [-0.4, -0.2) is 39.9 Å². The van der Waals surface area contributed by atoms with Gasteiger partial charge in [-0.2, -0.15) is 0 Å². The minimum Gasteiger partial charge on any atom is -0.453 e. The van der Waals surface area contributed by atoms with Crippen molar-refractivity contribution in [2.24, 2.45) is 0 Å². The molecule has 20 aromatic carbocycles. The first-order chi connectivity index (χ1) is 66.4. The van der Waals surface area contributed by atoms with Crippen molar-refractivity contribution >= 4 is 108 Å². The Labute approximate surface area is 770 Å². The molecular weight excluding hydrogens is 1630 g/mol. The van der Waals surface area contributed by atoms with Gasteiger partial charge in [0.25, 0.3) is 0 Å². The molecule has 0 aliphatic heterocycles. The molecule has 0 radical (unpaired) electrons. The molecule has 0 saturated heterocycles. The second-order valence-electron chi connectivity index (χ2n) is 33.8. The number of nitrogens with zero attached hydrogens (tertiary/aromatic N) is 8. The first-order valence-electron chi connectivity index (χ1n) is 45.1. The van der Waals surface area contributed by atoms with Gasteiger partial charge in [-0.1, -0.05) is 425 Å². The maximum atomic E-state index is 7.31. The van der Waals surface area contributed by atoms with E-state index in [9.17, 15) is 0 Å². The first-order valence-corrected chi connectivity index (χ1v) is 45.1. The fourth-order valence-corrected chi connectivity index (χ4v) is 19.5. The highest BCUT2D eigenvalue weighted by Gasteiger charge is 2.29. The topological polar surface area (TPSA) is 129 Å². The highest BCUT2D eigenvalue weighted by molar-refractivity contribution is 6.29. The van der Waals surface area contributed by atoms with E-state index in [1.165, 1.54) is 64.6 Å². The summed E-state index contributed by atoms with van der Waals surface area (Å²) in [4.78, 5) is 40.3. The van der Waals surface area contributed by atoms with E-state index in [-0.39, 0.29) is 0 Å². The predicted molar refractivity (Wildman–Crippen MR) is 551 cm³/mol. The van der Waals surface area contributed by atoms with Gasteiger partial charge in [-0.15, -0.1) is 0 Å². The van der Waals surface area contributed by atoms with Crippen molar-refractivity contribution in [3.63, 3.8) is 0 Å². The molecule has 0 N–H and O–H groups in total. The number of benzene rings is 20. The summed E-state index contributed by atoms with van der Waals surface area (Å²) >= 11 is 0. The van der Waals surface area contributed by atoms with E-state index in [1.54, 1.807) is 0 Å². The van der Waals surface area contributed by atoms with Crippen LogP contribution in [0.25, 0.3) is 266 Å². The molecule has 10 nitrogen and oxygen atoms in total. The molecule has 0 unspecified atom stereocenters. The molecule has 0 aliphatic rings. The van der Waals surface area contributed by atoms with Crippen LogP contribution in [0.4, 0.5) is 0 Å². The Morgan fingerprint density at radius 1 is 0.134 bits per heavy atom. The van der Waals surface area contributed by atoms with E-state index in [0.29, 0.717) is 34.9 Å². The zero-order valence-corrected chi connectivity index (χ0v) is 72.3. The van der Waals surface area contributed by atoms with Gasteiger partial charge in [0.2, 0.25) is 0 Å². The van der Waals surface area contributed by atoms with E-state index >= 15 is 0 Å². The van der Waals surface area contributed by atoms with Gasteiger partial charge >= 0.3 is 0 Å². The second-order valence-corrected chi connectivity index (χ2v) is 33.8. The SMILES string of the molecule is c1ccc(-c2nc(-c3ccccc3)nc(-c3ccc(-c4ccc(-c5oc6c(-c7ccccc7)nc7ccccc7c6c5-c5ccc6c7ccccc7c7ccccc7c6c5)cc4)cc3)n2)cc1.c1ccc(-c2nc(-c3ccccc3)nc(-c3cccc(-c4cccc(-c5oc6c(-c7ccccc7)nc7ccccc7c6c5-c5ccc6c7ccccc7c7ccccc7c6c5)c4)c3)n2)cc1. The Morgan fingerprint density at radius 2 is 0.366 bits per heavy atom. The number of pyridine rings is 2. The van der Waals surface area contributed by atoms with Crippen LogP contribution in [0.15, 0.2) is 470 Å². The van der Waals surface area contributed by atoms with Crippen LogP contribution in [0.2, 0.25) is 0 Å². The summed E-state index contributed by atoms with van der Waals surface area (Å²) < 4.78 is 14.5. The lowest BCUT2D eigenvalue weighted by atomic mass is 9.90. The standard InChI is InChI=1S/2C62H38N4O/c1-4-18-39(19-5-1)57-59-56(52-32-14-15-33-54(52)63-57)55(44-34-35-51-49-30-11-10-28-47(49)48-29-12-13-31-50(48)53(51)38-44)58(67-59)45-26-16-24-42(36-45)43-25-17-27-46(37-43)62-65-60(40-20-6-2-7-21-40)64-61(66-62)41-22-8-3-9-23-41;1-4-16-41(17-5-1)57-59-56(52-26-14-15-27-54(52)63-57)55(46-36-37-51-49-24-11-10-22-47(49)48-23-12-13-25-50(48)53(51)38-46)58(67-59)42-32-28-39(29-33-42)40-30-34-45(35-31-40)62-65-60(43-18-6-2-7-19-43)64-61(66-62)44-20-8-3-9-21-44/h2*1-38H. The quantitative estimate of drug-likeness (QED) is 0.0970. The van der Waals surface area contributed by atoms with Crippen molar-refractivity contribution in [3.05, 3.63) is 461 Å². The van der Waals surface area contributed by atoms with Crippen LogP contribution in [0.1, 0.15) is 0 Å². The van der Waals surface area contributed by atoms with E-state index in [2.05, 4.69) is 328 Å². The third-order valence-electron chi connectivity index (χ3n) is 25.8. The van der Waals surface area contributed by atoms with Gasteiger partial charge in [-0.25, -0.2) is 39.9 Å². The smallest absolute Gasteiger partial charge is 0.164 e. The molecule has 26 aromatic rings. The van der Waals surface area contributed by atoms with Crippen molar-refractivity contribution < 1.29 is 8.83 Å². The highest BCUT2D eigenvalue weighted by atomic mass is 16.3. The number of fused-ring (bicyclic) bond motifs is 18. The first kappa shape index (κ1) is 78.2. The molecule has 6 aromatic heterocycles. The summed E-state index contributed by atoms with van der Waals surface area (Å²) in [6, 6.07) is 161. The molecule has 6 heterocycles. The third kappa shape index (κ3) is 14.0. The molecule has 0 atom stereocenters. The van der Waals surface area contributed by atoms with Crippen molar-refractivity contribution in [1.82, 2.24) is 39.9 Å². The van der Waals surface area contributed by atoms with Crippen molar-refractivity contribution in [2.45, 2.75) is 0 Å². The normalized spacial score (nSPS) is 11.6. The van der Waals surface area contributed by atoms with E-state index in [1.807, 2.05) is 133 Å². The van der Waals surface area contributed by atoms with Crippen LogP contribution < -0.4 is 0 Å². The Bertz CT molecular complexity index is 8900. The van der Waals surface area contributed by atoms with Crippen molar-refractivity contribution in [1.29, 1.82) is 0 Å². The zero-order valence-electron chi connectivity index (χ0n) is 72.3. The third-order valence-corrected chi connectivity index (χ3v) is 25.8. The van der Waals surface area contributed by atoms with Gasteiger partial charge in [0.05, 0.1) is 11.0 Å². The summed E-state index contributed by atoms with van der Waals surface area (Å²) in [5, 5.41) is 18.9. The van der Waals surface area contributed by atoms with Gasteiger partial charge in [0.15, 0.2) is 46.1 Å². The molecule has 0 aliphatic carbocycles. The number of rotatable bonds is 14. The lowest BCUT2D eigenvalue weighted by molar-refractivity contribution is 0.632. The molecule has 624 valence electrons. The minimum absolute atomic E-state index is 0.606. The summed E-state index contributed by atoms with van der Waals surface area (Å²) in [6.07, 6.45) is 0. The Hall–Kier alpha value is -18.1. The molecule has 0 bridgehead atoms. The number of furan rings is 2. The Morgan fingerprint density at radius 3 is 0.716 bits per heavy atom. The van der Waals surface area contributed by atoms with Crippen LogP contribution in [0, 0.1) is 0 Å². The Kier molecular flexibility index (Phi) is 19.4.